The second kappa shape index (κ2) is 6.51. The molecule has 1 aliphatic rings. The first kappa shape index (κ1) is 16.1. The highest BCUT2D eigenvalue weighted by Crippen LogP contribution is 2.36. The van der Waals surface area contributed by atoms with Gasteiger partial charge in [0.15, 0.2) is 0 Å². The Morgan fingerprint density at radius 2 is 1.96 bits per heavy atom. The van der Waals surface area contributed by atoms with Gasteiger partial charge in [-0.1, -0.05) is 30.3 Å². The first-order chi connectivity index (χ1) is 12.6. The largest absolute Gasteiger partial charge is 0.351 e. The summed E-state index contributed by atoms with van der Waals surface area (Å²) in [6, 6.07) is 13.8. The molecule has 3 amide bonds. The number of primary amides is 1. The zero-order valence-corrected chi connectivity index (χ0v) is 14.1. The maximum absolute atomic E-state index is 12.8. The van der Waals surface area contributed by atoms with Crippen molar-refractivity contribution in [1.29, 1.82) is 0 Å². The van der Waals surface area contributed by atoms with Crippen LogP contribution in [0.1, 0.15) is 24.4 Å². The van der Waals surface area contributed by atoms with E-state index in [0.29, 0.717) is 18.5 Å². The summed E-state index contributed by atoms with van der Waals surface area (Å²) in [5, 5.41) is 10.6. The highest BCUT2D eigenvalue weighted by Gasteiger charge is 2.40. The van der Waals surface area contributed by atoms with Crippen LogP contribution in [0.4, 0.5) is 10.5 Å². The summed E-state index contributed by atoms with van der Waals surface area (Å²) in [6.07, 6.45) is 2.97. The Labute approximate surface area is 150 Å². The molecular weight excluding hydrogens is 330 g/mol. The van der Waals surface area contributed by atoms with Crippen molar-refractivity contribution in [2.45, 2.75) is 24.9 Å². The molecule has 1 aromatic heterocycles. The number of benzene rings is 2. The predicted octanol–water partition coefficient (Wildman–Crippen LogP) is 2.79. The Bertz CT molecular complexity index is 953. The van der Waals surface area contributed by atoms with Crippen LogP contribution in [-0.4, -0.2) is 33.1 Å². The maximum atomic E-state index is 12.8. The number of nitrogens with zero attached hydrogens (tertiary/aromatic N) is 2. The van der Waals surface area contributed by atoms with E-state index in [1.54, 1.807) is 12.3 Å². The summed E-state index contributed by atoms with van der Waals surface area (Å²) in [6.45, 7) is 0. The fourth-order valence-corrected chi connectivity index (χ4v) is 3.62. The minimum atomic E-state index is -0.585. The summed E-state index contributed by atoms with van der Waals surface area (Å²) in [4.78, 5) is 26.3. The Kier molecular flexibility index (Phi) is 4.04. The van der Waals surface area contributed by atoms with Crippen molar-refractivity contribution < 1.29 is 9.59 Å². The number of aromatic nitrogens is 2. The van der Waals surface area contributed by atoms with Gasteiger partial charge in [-0.3, -0.25) is 9.89 Å². The lowest BCUT2D eigenvalue weighted by molar-refractivity contribution is -0.119. The van der Waals surface area contributed by atoms with Crippen molar-refractivity contribution >= 4 is 28.5 Å². The van der Waals surface area contributed by atoms with E-state index in [0.717, 1.165) is 16.5 Å². The monoisotopic (exact) mass is 349 g/mol. The summed E-state index contributed by atoms with van der Waals surface area (Å²) in [5.41, 5.74) is 8.15. The molecule has 0 spiro atoms. The number of nitrogens with two attached hydrogens (primary N) is 1. The molecule has 0 radical (unpaired) electrons. The Morgan fingerprint density at radius 1 is 1.15 bits per heavy atom. The van der Waals surface area contributed by atoms with Crippen molar-refractivity contribution in [2.75, 3.05) is 5.32 Å². The zero-order chi connectivity index (χ0) is 18.1. The van der Waals surface area contributed by atoms with Crippen LogP contribution in [0.25, 0.3) is 10.9 Å². The van der Waals surface area contributed by atoms with Crippen LogP contribution < -0.4 is 11.1 Å². The first-order valence-electron chi connectivity index (χ1n) is 8.50. The van der Waals surface area contributed by atoms with Gasteiger partial charge < -0.3 is 16.0 Å². The number of hydrogen-bond acceptors (Lipinski definition) is 3. The number of nitrogens with one attached hydrogen (secondary N) is 2. The number of likely N-dealkylation sites (tertiary alicyclic amines) is 1. The number of rotatable bonds is 3. The molecule has 26 heavy (non-hydrogen) atoms. The zero-order valence-electron chi connectivity index (χ0n) is 14.1. The molecule has 0 saturated carbocycles. The lowest BCUT2D eigenvalue weighted by Gasteiger charge is -2.28. The van der Waals surface area contributed by atoms with Gasteiger partial charge in [0.25, 0.3) is 0 Å². The summed E-state index contributed by atoms with van der Waals surface area (Å²) in [5.74, 6) is -0.231. The van der Waals surface area contributed by atoms with E-state index in [-0.39, 0.29) is 11.9 Å². The fourth-order valence-electron chi connectivity index (χ4n) is 3.62. The molecule has 0 unspecified atom stereocenters. The van der Waals surface area contributed by atoms with E-state index in [4.69, 9.17) is 5.73 Å². The molecule has 4 N–H and O–H groups in total. The molecule has 3 aromatic rings. The van der Waals surface area contributed by atoms with Crippen LogP contribution in [0.15, 0.2) is 54.7 Å². The van der Waals surface area contributed by atoms with Gasteiger partial charge in [-0.25, -0.2) is 4.79 Å². The topological polar surface area (TPSA) is 104 Å². The number of hydrogen-bond donors (Lipinski definition) is 3. The average Bonchev–Trinajstić information content (AvgIpc) is 3.29. The van der Waals surface area contributed by atoms with Crippen LogP contribution in [0.3, 0.4) is 0 Å². The molecule has 2 heterocycles. The molecule has 4 rings (SSSR count). The van der Waals surface area contributed by atoms with E-state index >= 15 is 0 Å². The lowest BCUT2D eigenvalue weighted by Crippen LogP contribution is -2.46. The van der Waals surface area contributed by atoms with Crippen LogP contribution in [0, 0.1) is 0 Å². The normalized spacial score (nSPS) is 19.6. The number of amides is 3. The third-order valence-corrected chi connectivity index (χ3v) is 4.83. The van der Waals surface area contributed by atoms with Gasteiger partial charge in [0.1, 0.15) is 6.04 Å². The second-order valence-electron chi connectivity index (χ2n) is 6.43. The maximum Gasteiger partial charge on any atom is 0.315 e. The van der Waals surface area contributed by atoms with Crippen LogP contribution >= 0.6 is 0 Å². The molecule has 2 atom stereocenters. The fraction of sp³-hybridized carbons (Fsp3) is 0.211. The van der Waals surface area contributed by atoms with Crippen molar-refractivity contribution in [3.63, 3.8) is 0 Å². The van der Waals surface area contributed by atoms with E-state index < -0.39 is 12.1 Å². The molecule has 7 heteroatoms. The van der Waals surface area contributed by atoms with E-state index in [2.05, 4.69) is 15.5 Å². The smallest absolute Gasteiger partial charge is 0.315 e. The highest BCUT2D eigenvalue weighted by molar-refractivity contribution is 5.98. The molecular formula is C19H19N5O2. The number of anilines is 1. The van der Waals surface area contributed by atoms with Gasteiger partial charge in [-0.2, -0.15) is 5.10 Å². The number of urea groups is 1. The Balaban J connectivity index is 1.55. The number of H-pyrrole nitrogens is 1. The van der Waals surface area contributed by atoms with Crippen LogP contribution in [-0.2, 0) is 4.79 Å². The van der Waals surface area contributed by atoms with E-state index in [1.807, 2.05) is 42.5 Å². The van der Waals surface area contributed by atoms with Crippen molar-refractivity contribution in [1.82, 2.24) is 15.1 Å². The van der Waals surface area contributed by atoms with Gasteiger partial charge in [0, 0.05) is 11.1 Å². The van der Waals surface area contributed by atoms with Gasteiger partial charge in [-0.05, 0) is 36.6 Å². The molecule has 0 aliphatic carbocycles. The Morgan fingerprint density at radius 3 is 2.73 bits per heavy atom. The predicted molar refractivity (Wildman–Crippen MR) is 98.4 cm³/mol. The van der Waals surface area contributed by atoms with E-state index in [9.17, 15) is 9.59 Å². The Hall–Kier alpha value is -3.35. The van der Waals surface area contributed by atoms with E-state index in [1.165, 1.54) is 4.90 Å². The third-order valence-electron chi connectivity index (χ3n) is 4.83. The standard InChI is InChI=1S/C19H19N5O2/c20-19(26)24-16(12-4-2-1-3-5-12)8-9-17(24)18(25)22-14-6-7-15-13(10-14)11-21-23-15/h1-7,10-11,16-17H,8-9H2,(H2,20,26)(H,21,23)(H,22,25)/t16-,17+/m1/s1. The number of carbonyl (C=O) groups is 2. The van der Waals surface area contributed by atoms with Gasteiger partial charge >= 0.3 is 6.03 Å². The molecule has 1 aliphatic heterocycles. The summed E-state index contributed by atoms with van der Waals surface area (Å²) < 4.78 is 0. The average molecular weight is 349 g/mol. The van der Waals surface area contributed by atoms with Gasteiger partial charge in [-0.15, -0.1) is 0 Å². The summed E-state index contributed by atoms with van der Waals surface area (Å²) in [7, 11) is 0. The van der Waals surface area contributed by atoms with Crippen molar-refractivity contribution in [2.24, 2.45) is 5.73 Å². The van der Waals surface area contributed by atoms with Crippen LogP contribution in [0.5, 0.6) is 0 Å². The lowest BCUT2D eigenvalue weighted by atomic mass is 10.1. The molecule has 0 bridgehead atoms. The molecule has 1 saturated heterocycles. The molecule has 132 valence electrons. The van der Waals surface area contributed by atoms with Gasteiger partial charge in [0.2, 0.25) is 5.91 Å². The minimum Gasteiger partial charge on any atom is -0.351 e. The SMILES string of the molecule is NC(=O)N1[C@@H](c2ccccc2)CC[C@H]1C(=O)Nc1ccc2[nH]ncc2c1. The summed E-state index contributed by atoms with van der Waals surface area (Å²) >= 11 is 0. The number of fused-ring (bicyclic) bond motifs is 1. The van der Waals surface area contributed by atoms with Crippen molar-refractivity contribution in [3.8, 4) is 0 Å². The number of aromatic amines is 1. The minimum absolute atomic E-state index is 0.180. The van der Waals surface area contributed by atoms with Crippen LogP contribution in [0.2, 0.25) is 0 Å². The third kappa shape index (κ3) is 2.88. The molecule has 1 fully saturated rings. The second-order valence-corrected chi connectivity index (χ2v) is 6.43. The quantitative estimate of drug-likeness (QED) is 0.677. The molecule has 7 nitrogen and oxygen atoms in total. The first-order valence-corrected chi connectivity index (χ1v) is 8.50. The van der Waals surface area contributed by atoms with Gasteiger partial charge in [0.05, 0.1) is 17.8 Å². The number of carbonyl (C=O) groups excluding carboxylic acids is 2. The highest BCUT2D eigenvalue weighted by atomic mass is 16.2. The van der Waals surface area contributed by atoms with Crippen molar-refractivity contribution in [3.05, 3.63) is 60.3 Å². The molecule has 2 aromatic carbocycles.